The van der Waals surface area contributed by atoms with Gasteiger partial charge in [0.25, 0.3) is 0 Å². The minimum absolute atomic E-state index is 0.0341. The molecule has 1 fully saturated rings. The number of carbonyl (C=O) groups excluding carboxylic acids is 2. The first-order valence-corrected chi connectivity index (χ1v) is 11.9. The normalized spacial score (nSPS) is 14.0. The number of rotatable bonds is 8. The van der Waals surface area contributed by atoms with Crippen LogP contribution in [0.2, 0.25) is 0 Å². The summed E-state index contributed by atoms with van der Waals surface area (Å²) < 4.78 is 5.57. The molecule has 2 aromatic heterocycles. The highest BCUT2D eigenvalue weighted by Gasteiger charge is 2.26. The number of nitrogens with zero attached hydrogens (tertiary/aromatic N) is 3. The summed E-state index contributed by atoms with van der Waals surface area (Å²) in [6.45, 7) is 3.86. The molecule has 1 saturated heterocycles. The number of ether oxygens (including phenoxy) is 1. The zero-order valence-corrected chi connectivity index (χ0v) is 19.3. The summed E-state index contributed by atoms with van der Waals surface area (Å²) in [5.41, 5.74) is 1.62. The molecule has 2 amide bonds. The van der Waals surface area contributed by atoms with Crippen LogP contribution in [0.15, 0.2) is 53.9 Å². The van der Waals surface area contributed by atoms with E-state index in [1.165, 1.54) is 6.92 Å². The number of hydrogen-bond acceptors (Lipinski definition) is 7. The fourth-order valence-electron chi connectivity index (χ4n) is 3.70. The molecule has 3 heterocycles. The van der Waals surface area contributed by atoms with Crippen LogP contribution < -0.4 is 20.3 Å². The first-order valence-electron chi connectivity index (χ1n) is 11.0. The Kier molecular flexibility index (Phi) is 7.51. The molecule has 4 rings (SSSR count). The van der Waals surface area contributed by atoms with Crippen LogP contribution in [-0.2, 0) is 9.59 Å². The van der Waals surface area contributed by atoms with Gasteiger partial charge in [0.05, 0.1) is 11.4 Å². The van der Waals surface area contributed by atoms with Crippen molar-refractivity contribution < 1.29 is 14.3 Å². The highest BCUT2D eigenvalue weighted by molar-refractivity contribution is 7.13. The Hall–Kier alpha value is -3.46. The third kappa shape index (κ3) is 6.29. The largest absolute Gasteiger partial charge is 0.492 e. The fourth-order valence-corrected chi connectivity index (χ4v) is 4.39. The number of piperidine rings is 1. The van der Waals surface area contributed by atoms with Gasteiger partial charge in [-0.15, -0.1) is 21.5 Å². The highest BCUT2D eigenvalue weighted by atomic mass is 32.1. The minimum Gasteiger partial charge on any atom is -0.492 e. The highest BCUT2D eigenvalue weighted by Crippen LogP contribution is 2.26. The fraction of sp³-hybridized carbons (Fsp3) is 0.333. The molecule has 0 aliphatic carbocycles. The Morgan fingerprint density at radius 1 is 1.09 bits per heavy atom. The van der Waals surface area contributed by atoms with Crippen molar-refractivity contribution in [3.05, 3.63) is 53.9 Å². The summed E-state index contributed by atoms with van der Waals surface area (Å²) in [6.07, 6.45) is 1.54. The van der Waals surface area contributed by atoms with E-state index >= 15 is 0 Å². The summed E-state index contributed by atoms with van der Waals surface area (Å²) in [5, 5.41) is 16.5. The van der Waals surface area contributed by atoms with Crippen molar-refractivity contribution in [1.82, 2.24) is 15.5 Å². The van der Waals surface area contributed by atoms with Crippen LogP contribution in [0.3, 0.4) is 0 Å². The number of carbonyl (C=O) groups is 2. The molecule has 0 saturated carbocycles. The van der Waals surface area contributed by atoms with E-state index < -0.39 is 0 Å². The average Bonchev–Trinajstić information content (AvgIpc) is 3.38. The van der Waals surface area contributed by atoms with E-state index in [0.29, 0.717) is 18.9 Å². The lowest BCUT2D eigenvalue weighted by molar-refractivity contribution is -0.120. The van der Waals surface area contributed by atoms with Crippen LogP contribution in [0.5, 0.6) is 5.75 Å². The standard InChI is InChI=1S/C24H27N5O3S/c1-17(30)25-12-15-32-20-6-4-19(5-7-20)26-24(31)18-10-13-29(14-11-18)23-9-8-21(27-28-23)22-3-2-16-33-22/h2-9,16,18H,10-15H2,1H3,(H,25,30)(H,26,31). The SMILES string of the molecule is CC(=O)NCCOc1ccc(NC(=O)C2CCN(c3ccc(-c4cccs4)nn3)CC2)cc1. The van der Waals surface area contributed by atoms with E-state index in [4.69, 9.17) is 4.74 Å². The Bertz CT molecular complexity index is 1050. The van der Waals surface area contributed by atoms with Crippen LogP contribution in [0.4, 0.5) is 11.5 Å². The van der Waals surface area contributed by atoms with Crippen LogP contribution in [0.25, 0.3) is 10.6 Å². The van der Waals surface area contributed by atoms with Gasteiger partial charge in [-0.2, -0.15) is 0 Å². The van der Waals surface area contributed by atoms with Crippen molar-refractivity contribution in [2.24, 2.45) is 5.92 Å². The molecule has 1 aliphatic heterocycles. The van der Waals surface area contributed by atoms with Crippen LogP contribution in [0.1, 0.15) is 19.8 Å². The van der Waals surface area contributed by atoms with Gasteiger partial charge in [0.15, 0.2) is 5.82 Å². The van der Waals surface area contributed by atoms with Crippen LogP contribution in [0, 0.1) is 5.92 Å². The van der Waals surface area contributed by atoms with Gasteiger partial charge in [-0.25, -0.2) is 0 Å². The number of amides is 2. The maximum Gasteiger partial charge on any atom is 0.227 e. The Morgan fingerprint density at radius 3 is 2.52 bits per heavy atom. The number of thiophene rings is 1. The molecule has 33 heavy (non-hydrogen) atoms. The third-order valence-electron chi connectivity index (χ3n) is 5.48. The summed E-state index contributed by atoms with van der Waals surface area (Å²) in [7, 11) is 0. The lowest BCUT2D eigenvalue weighted by Crippen LogP contribution is -2.38. The summed E-state index contributed by atoms with van der Waals surface area (Å²) >= 11 is 1.65. The molecule has 3 aromatic rings. The second kappa shape index (κ2) is 10.9. The van der Waals surface area contributed by atoms with Gasteiger partial charge >= 0.3 is 0 Å². The average molecular weight is 466 g/mol. The lowest BCUT2D eigenvalue weighted by atomic mass is 9.96. The molecule has 2 N–H and O–H groups in total. The molecule has 1 aliphatic rings. The second-order valence-electron chi connectivity index (χ2n) is 7.86. The minimum atomic E-state index is -0.0810. The smallest absolute Gasteiger partial charge is 0.227 e. The quantitative estimate of drug-likeness (QED) is 0.494. The maximum atomic E-state index is 12.7. The van der Waals surface area contributed by atoms with Gasteiger partial charge in [0.2, 0.25) is 11.8 Å². The first kappa shape index (κ1) is 22.7. The Morgan fingerprint density at radius 2 is 1.88 bits per heavy atom. The van der Waals surface area contributed by atoms with Gasteiger partial charge in [-0.1, -0.05) is 6.07 Å². The molecule has 0 bridgehead atoms. The van der Waals surface area contributed by atoms with Crippen molar-refractivity contribution in [2.45, 2.75) is 19.8 Å². The van der Waals surface area contributed by atoms with Gasteiger partial charge in [0, 0.05) is 31.6 Å². The number of nitrogens with one attached hydrogen (secondary N) is 2. The van der Waals surface area contributed by atoms with Crippen LogP contribution >= 0.6 is 11.3 Å². The number of hydrogen-bond donors (Lipinski definition) is 2. The van der Waals surface area contributed by atoms with Crippen LogP contribution in [-0.4, -0.2) is 48.3 Å². The summed E-state index contributed by atoms with van der Waals surface area (Å²) in [4.78, 5) is 26.9. The molecule has 9 heteroatoms. The zero-order chi connectivity index (χ0) is 23.0. The molecule has 0 atom stereocenters. The Labute approximate surface area is 197 Å². The lowest BCUT2D eigenvalue weighted by Gasteiger charge is -2.31. The molecule has 0 unspecified atom stereocenters. The predicted molar refractivity (Wildman–Crippen MR) is 130 cm³/mol. The first-order chi connectivity index (χ1) is 16.1. The summed E-state index contributed by atoms with van der Waals surface area (Å²) in [6, 6.07) is 15.3. The molecule has 172 valence electrons. The van der Waals surface area contributed by atoms with Gasteiger partial charge < -0.3 is 20.3 Å². The number of benzene rings is 1. The van der Waals surface area contributed by atoms with E-state index in [0.717, 1.165) is 48.0 Å². The van der Waals surface area contributed by atoms with Crippen molar-refractivity contribution >= 4 is 34.7 Å². The topological polar surface area (TPSA) is 96.5 Å². The molecule has 0 radical (unpaired) electrons. The molecule has 1 aromatic carbocycles. The van der Waals surface area contributed by atoms with E-state index in [1.807, 2.05) is 53.9 Å². The number of aromatic nitrogens is 2. The van der Waals surface area contributed by atoms with Gasteiger partial charge in [-0.3, -0.25) is 9.59 Å². The van der Waals surface area contributed by atoms with E-state index in [9.17, 15) is 9.59 Å². The zero-order valence-electron chi connectivity index (χ0n) is 18.5. The molecule has 0 spiro atoms. The second-order valence-corrected chi connectivity index (χ2v) is 8.81. The molecular weight excluding hydrogens is 438 g/mol. The van der Waals surface area contributed by atoms with Gasteiger partial charge in [0.1, 0.15) is 18.1 Å². The molecule has 8 nitrogen and oxygen atoms in total. The maximum absolute atomic E-state index is 12.7. The van der Waals surface area contributed by atoms with E-state index in [1.54, 1.807) is 11.3 Å². The number of anilines is 2. The third-order valence-corrected chi connectivity index (χ3v) is 6.37. The Balaban J connectivity index is 1.22. The van der Waals surface area contributed by atoms with Crippen molar-refractivity contribution in [3.8, 4) is 16.3 Å². The van der Waals surface area contributed by atoms with Crippen molar-refractivity contribution in [3.63, 3.8) is 0 Å². The molecular formula is C24H27N5O3S. The summed E-state index contributed by atoms with van der Waals surface area (Å²) in [5.74, 6) is 1.46. The van der Waals surface area contributed by atoms with Crippen molar-refractivity contribution in [1.29, 1.82) is 0 Å². The van der Waals surface area contributed by atoms with Crippen molar-refractivity contribution in [2.75, 3.05) is 36.5 Å². The monoisotopic (exact) mass is 465 g/mol. The van der Waals surface area contributed by atoms with Gasteiger partial charge in [-0.05, 0) is 60.7 Å². The van der Waals surface area contributed by atoms with E-state index in [2.05, 4.69) is 25.7 Å². The predicted octanol–water partition coefficient (Wildman–Crippen LogP) is 3.58. The van der Waals surface area contributed by atoms with E-state index in [-0.39, 0.29) is 17.7 Å².